The Labute approximate surface area is 178 Å². The minimum Gasteiger partial charge on any atom is -0.367 e. The third-order valence-electron chi connectivity index (χ3n) is 5.91. The molecule has 0 aromatic carbocycles. The second-order valence-corrected chi connectivity index (χ2v) is 7.97. The fourth-order valence-corrected chi connectivity index (χ4v) is 4.34. The summed E-state index contributed by atoms with van der Waals surface area (Å²) in [5.41, 5.74) is 4.15. The minimum atomic E-state index is 0.448. The summed E-state index contributed by atoms with van der Waals surface area (Å²) >= 11 is 0. The lowest BCUT2D eigenvalue weighted by atomic mass is 9.95. The highest BCUT2D eigenvalue weighted by molar-refractivity contribution is 5.77. The van der Waals surface area contributed by atoms with Crippen LogP contribution in [0.1, 0.15) is 51.1 Å². The number of hydrogen-bond donors (Lipinski definition) is 3. The molecule has 2 fully saturated rings. The normalized spacial score (nSPS) is 20.0. The van der Waals surface area contributed by atoms with E-state index in [4.69, 9.17) is 4.98 Å². The van der Waals surface area contributed by atoms with Crippen molar-refractivity contribution in [3.8, 4) is 11.1 Å². The molecular formula is C22H34N8. The van der Waals surface area contributed by atoms with E-state index in [1.807, 2.05) is 48.7 Å². The average molecular weight is 411 g/mol. The van der Waals surface area contributed by atoms with Crippen molar-refractivity contribution in [1.29, 1.82) is 0 Å². The molecule has 8 nitrogen and oxygen atoms in total. The molecule has 30 heavy (non-hydrogen) atoms. The van der Waals surface area contributed by atoms with Crippen LogP contribution >= 0.6 is 0 Å². The highest BCUT2D eigenvalue weighted by Gasteiger charge is 2.22. The predicted molar refractivity (Wildman–Crippen MR) is 121 cm³/mol. The Bertz CT molecular complexity index is 947. The Morgan fingerprint density at radius 1 is 1.03 bits per heavy atom. The summed E-state index contributed by atoms with van der Waals surface area (Å²) in [5, 5.41) is 19.7. The van der Waals surface area contributed by atoms with Gasteiger partial charge in [0, 0.05) is 48.9 Å². The predicted octanol–water partition coefficient (Wildman–Crippen LogP) is 2.79. The summed E-state index contributed by atoms with van der Waals surface area (Å²) in [5.74, 6) is 1.50. The van der Waals surface area contributed by atoms with Gasteiger partial charge in [-0.05, 0) is 45.3 Å². The first kappa shape index (κ1) is 20.8. The third-order valence-corrected chi connectivity index (χ3v) is 5.91. The van der Waals surface area contributed by atoms with Gasteiger partial charge in [-0.2, -0.15) is 14.7 Å². The SMILES string of the molecule is CC.Cn1cc(-c2cnn3c(NC4CCNCC4)cc(C4CCCNC4)nc23)cn1. The largest absolute Gasteiger partial charge is 0.367 e. The number of nitrogens with one attached hydrogen (secondary N) is 3. The second kappa shape index (κ2) is 9.57. The standard InChI is InChI=1S/C20H28N8.C2H6/c1-27-13-15(11-23-27)17-12-24-28-19(25-16-4-7-21-8-5-16)9-18(26-20(17)28)14-3-2-6-22-10-14;1-2/h9,11-14,16,21-22,25H,2-8,10H2,1H3;1-2H3. The highest BCUT2D eigenvalue weighted by atomic mass is 15.3. The number of hydrogen-bond acceptors (Lipinski definition) is 6. The number of piperidine rings is 2. The molecule has 3 N–H and O–H groups in total. The third kappa shape index (κ3) is 4.34. The van der Waals surface area contributed by atoms with Crippen molar-refractivity contribution >= 4 is 11.5 Å². The average Bonchev–Trinajstić information content (AvgIpc) is 3.42. The number of rotatable bonds is 4. The maximum Gasteiger partial charge on any atom is 0.165 e. The first-order valence-corrected chi connectivity index (χ1v) is 11.3. The molecule has 3 aromatic rings. The molecule has 2 saturated heterocycles. The molecule has 2 aliphatic heterocycles. The van der Waals surface area contributed by atoms with Crippen molar-refractivity contribution in [2.75, 3.05) is 31.5 Å². The lowest BCUT2D eigenvalue weighted by Gasteiger charge is -2.26. The molecule has 1 atom stereocenters. The number of fused-ring (bicyclic) bond motifs is 1. The van der Waals surface area contributed by atoms with Crippen molar-refractivity contribution < 1.29 is 0 Å². The van der Waals surface area contributed by atoms with E-state index in [2.05, 4.69) is 32.2 Å². The summed E-state index contributed by atoms with van der Waals surface area (Å²) in [6.45, 7) is 8.22. The Balaban J connectivity index is 0.00000106. The molecule has 8 heteroatoms. The van der Waals surface area contributed by atoms with Gasteiger partial charge < -0.3 is 16.0 Å². The van der Waals surface area contributed by atoms with Gasteiger partial charge in [-0.15, -0.1) is 0 Å². The summed E-state index contributed by atoms with van der Waals surface area (Å²) in [6.07, 6.45) is 10.4. The fourth-order valence-electron chi connectivity index (χ4n) is 4.34. The van der Waals surface area contributed by atoms with Gasteiger partial charge in [0.15, 0.2) is 5.65 Å². The number of aryl methyl sites for hydroxylation is 1. The van der Waals surface area contributed by atoms with E-state index < -0.39 is 0 Å². The molecule has 0 bridgehead atoms. The molecule has 162 valence electrons. The van der Waals surface area contributed by atoms with Crippen molar-refractivity contribution in [2.24, 2.45) is 7.05 Å². The van der Waals surface area contributed by atoms with Crippen LogP contribution in [0, 0.1) is 0 Å². The van der Waals surface area contributed by atoms with Crippen LogP contribution in [0.4, 0.5) is 5.82 Å². The van der Waals surface area contributed by atoms with Gasteiger partial charge >= 0.3 is 0 Å². The topological polar surface area (TPSA) is 84.1 Å². The molecule has 2 aliphatic rings. The van der Waals surface area contributed by atoms with Crippen LogP contribution in [0.3, 0.4) is 0 Å². The zero-order chi connectivity index (χ0) is 20.9. The van der Waals surface area contributed by atoms with Crippen LogP contribution in [0.2, 0.25) is 0 Å². The van der Waals surface area contributed by atoms with E-state index in [1.165, 1.54) is 12.8 Å². The van der Waals surface area contributed by atoms with Crippen LogP contribution in [0.5, 0.6) is 0 Å². The Morgan fingerprint density at radius 3 is 2.57 bits per heavy atom. The van der Waals surface area contributed by atoms with E-state index in [1.54, 1.807) is 0 Å². The van der Waals surface area contributed by atoms with E-state index in [0.29, 0.717) is 12.0 Å². The van der Waals surface area contributed by atoms with E-state index in [9.17, 15) is 0 Å². The van der Waals surface area contributed by atoms with Crippen molar-refractivity contribution in [2.45, 2.75) is 51.5 Å². The van der Waals surface area contributed by atoms with Crippen LogP contribution < -0.4 is 16.0 Å². The molecule has 0 amide bonds. The van der Waals surface area contributed by atoms with Gasteiger partial charge in [0.25, 0.3) is 0 Å². The molecular weight excluding hydrogens is 376 g/mol. The van der Waals surface area contributed by atoms with Gasteiger partial charge in [0.2, 0.25) is 0 Å². The maximum atomic E-state index is 5.07. The van der Waals surface area contributed by atoms with Gasteiger partial charge in [-0.1, -0.05) is 13.8 Å². The Hall–Kier alpha value is -2.45. The lowest BCUT2D eigenvalue weighted by Crippen LogP contribution is -2.36. The second-order valence-electron chi connectivity index (χ2n) is 7.97. The molecule has 0 radical (unpaired) electrons. The number of nitrogens with zero attached hydrogens (tertiary/aromatic N) is 5. The Kier molecular flexibility index (Phi) is 6.64. The summed E-state index contributed by atoms with van der Waals surface area (Å²) in [7, 11) is 1.94. The van der Waals surface area contributed by atoms with E-state index in [0.717, 1.165) is 67.3 Å². The molecule has 5 heterocycles. The summed E-state index contributed by atoms with van der Waals surface area (Å²) in [4.78, 5) is 5.07. The van der Waals surface area contributed by atoms with Crippen molar-refractivity contribution in [3.05, 3.63) is 30.4 Å². The summed E-state index contributed by atoms with van der Waals surface area (Å²) in [6, 6.07) is 2.68. The lowest BCUT2D eigenvalue weighted by molar-refractivity contribution is 0.454. The number of anilines is 1. The number of aromatic nitrogens is 5. The maximum absolute atomic E-state index is 5.07. The fraction of sp³-hybridized carbons (Fsp3) is 0.591. The van der Waals surface area contributed by atoms with Crippen molar-refractivity contribution in [1.82, 2.24) is 35.0 Å². The molecule has 1 unspecified atom stereocenters. The summed E-state index contributed by atoms with van der Waals surface area (Å²) < 4.78 is 3.78. The zero-order valence-corrected chi connectivity index (χ0v) is 18.4. The van der Waals surface area contributed by atoms with Crippen LogP contribution in [-0.2, 0) is 7.05 Å². The van der Waals surface area contributed by atoms with Crippen LogP contribution in [-0.4, -0.2) is 56.6 Å². The smallest absolute Gasteiger partial charge is 0.165 e. The van der Waals surface area contributed by atoms with Gasteiger partial charge in [-0.25, -0.2) is 4.98 Å². The molecule has 0 spiro atoms. The van der Waals surface area contributed by atoms with Gasteiger partial charge in [-0.3, -0.25) is 4.68 Å². The van der Waals surface area contributed by atoms with Crippen LogP contribution in [0.25, 0.3) is 16.8 Å². The Morgan fingerprint density at radius 2 is 1.87 bits per heavy atom. The molecule has 0 saturated carbocycles. The minimum absolute atomic E-state index is 0.448. The van der Waals surface area contributed by atoms with E-state index in [-0.39, 0.29) is 0 Å². The monoisotopic (exact) mass is 410 g/mol. The zero-order valence-electron chi connectivity index (χ0n) is 18.4. The van der Waals surface area contributed by atoms with Crippen molar-refractivity contribution in [3.63, 3.8) is 0 Å². The molecule has 5 rings (SSSR count). The molecule has 3 aromatic heterocycles. The molecule has 0 aliphatic carbocycles. The van der Waals surface area contributed by atoms with Gasteiger partial charge in [0.05, 0.1) is 18.1 Å². The van der Waals surface area contributed by atoms with Gasteiger partial charge in [0.1, 0.15) is 5.82 Å². The van der Waals surface area contributed by atoms with Crippen LogP contribution in [0.15, 0.2) is 24.7 Å². The first-order valence-electron chi connectivity index (χ1n) is 11.3. The van der Waals surface area contributed by atoms with E-state index >= 15 is 0 Å². The quantitative estimate of drug-likeness (QED) is 0.613. The highest BCUT2D eigenvalue weighted by Crippen LogP contribution is 2.30. The first-order chi connectivity index (χ1) is 14.8.